The first-order valence-corrected chi connectivity index (χ1v) is 9.48. The second-order valence-corrected chi connectivity index (χ2v) is 7.09. The number of benzene rings is 1. The van der Waals surface area contributed by atoms with Gasteiger partial charge in [0.05, 0.1) is 0 Å². The molecule has 1 N–H and O–H groups in total. The number of nitrogens with one attached hydrogen (secondary N) is 1. The Morgan fingerprint density at radius 3 is 2.73 bits per heavy atom. The summed E-state index contributed by atoms with van der Waals surface area (Å²) in [5.41, 5.74) is 3.95. The second-order valence-electron chi connectivity index (χ2n) is 7.09. The second kappa shape index (κ2) is 8.24. The normalized spacial score (nSPS) is 13.9. The van der Waals surface area contributed by atoms with Crippen LogP contribution in [0, 0.1) is 13.8 Å². The zero-order chi connectivity index (χ0) is 21.1. The van der Waals surface area contributed by atoms with E-state index < -0.39 is 0 Å². The highest BCUT2D eigenvalue weighted by Crippen LogP contribution is 2.19. The van der Waals surface area contributed by atoms with Crippen molar-refractivity contribution < 1.29 is 14.1 Å². The van der Waals surface area contributed by atoms with Crippen LogP contribution in [-0.4, -0.2) is 44.2 Å². The first-order chi connectivity index (χ1) is 14.5. The molecule has 9 nitrogen and oxygen atoms in total. The minimum Gasteiger partial charge on any atom is -0.332 e. The summed E-state index contributed by atoms with van der Waals surface area (Å²) in [6.45, 7) is 3.72. The third-order valence-electron chi connectivity index (χ3n) is 4.50. The van der Waals surface area contributed by atoms with Crippen molar-refractivity contribution in [2.24, 2.45) is 5.10 Å². The Hall–Kier alpha value is -3.88. The first kappa shape index (κ1) is 19.4. The Bertz CT molecular complexity index is 1100. The van der Waals surface area contributed by atoms with Crippen molar-refractivity contribution in [3.8, 4) is 11.4 Å². The van der Waals surface area contributed by atoms with Gasteiger partial charge in [0, 0.05) is 36.5 Å². The number of hydrogen-bond donors (Lipinski definition) is 1. The van der Waals surface area contributed by atoms with Gasteiger partial charge >= 0.3 is 0 Å². The van der Waals surface area contributed by atoms with Crippen LogP contribution in [0.1, 0.15) is 29.9 Å². The molecule has 9 heteroatoms. The van der Waals surface area contributed by atoms with E-state index in [1.807, 2.05) is 38.1 Å². The highest BCUT2D eigenvalue weighted by molar-refractivity contribution is 6.02. The summed E-state index contributed by atoms with van der Waals surface area (Å²) in [5, 5.41) is 12.2. The number of carbonyl (C=O) groups excluding carboxylic acids is 2. The number of hydrogen-bond acceptors (Lipinski definition) is 7. The van der Waals surface area contributed by atoms with Gasteiger partial charge in [0.2, 0.25) is 17.6 Å². The summed E-state index contributed by atoms with van der Waals surface area (Å²) in [4.78, 5) is 33.1. The zero-order valence-corrected chi connectivity index (χ0v) is 16.6. The topological polar surface area (TPSA) is 114 Å². The molecule has 0 bridgehead atoms. The molecule has 1 aromatic carbocycles. The molecule has 1 aliphatic heterocycles. The average Bonchev–Trinajstić information content (AvgIpc) is 3.20. The fourth-order valence-corrected chi connectivity index (χ4v) is 3.22. The predicted molar refractivity (Wildman–Crippen MR) is 110 cm³/mol. The maximum absolute atomic E-state index is 12.4. The van der Waals surface area contributed by atoms with Crippen molar-refractivity contribution >= 4 is 23.2 Å². The monoisotopic (exact) mass is 404 g/mol. The number of nitrogens with zero attached hydrogens (tertiary/aromatic N) is 5. The lowest BCUT2D eigenvalue weighted by molar-refractivity contribution is -0.135. The highest BCUT2D eigenvalue weighted by atomic mass is 16.5. The molecule has 0 unspecified atom stereocenters. The Morgan fingerprint density at radius 1 is 1.20 bits per heavy atom. The van der Waals surface area contributed by atoms with E-state index in [0.717, 1.165) is 16.1 Å². The Morgan fingerprint density at radius 2 is 2.00 bits per heavy atom. The van der Waals surface area contributed by atoms with Crippen LogP contribution in [0.4, 0.5) is 5.69 Å². The van der Waals surface area contributed by atoms with Crippen molar-refractivity contribution in [2.75, 3.05) is 11.9 Å². The number of pyridine rings is 1. The van der Waals surface area contributed by atoms with E-state index >= 15 is 0 Å². The summed E-state index contributed by atoms with van der Waals surface area (Å²) < 4.78 is 5.31. The predicted octanol–water partition coefficient (Wildman–Crippen LogP) is 2.71. The summed E-state index contributed by atoms with van der Waals surface area (Å²) in [5.74, 6) is 0.0409. The quantitative estimate of drug-likeness (QED) is 0.699. The Balaban J connectivity index is 1.48. The largest absolute Gasteiger partial charge is 0.332 e. The van der Waals surface area contributed by atoms with Gasteiger partial charge in [0.1, 0.15) is 12.3 Å². The van der Waals surface area contributed by atoms with Gasteiger partial charge in [0.25, 0.3) is 5.89 Å². The maximum Gasteiger partial charge on any atom is 0.274 e. The van der Waals surface area contributed by atoms with Crippen molar-refractivity contribution in [3.05, 3.63) is 59.7 Å². The van der Waals surface area contributed by atoms with Crippen molar-refractivity contribution in [1.29, 1.82) is 0 Å². The van der Waals surface area contributed by atoms with E-state index in [0.29, 0.717) is 29.2 Å². The Kier molecular flexibility index (Phi) is 5.34. The maximum atomic E-state index is 12.4. The van der Waals surface area contributed by atoms with Gasteiger partial charge in [-0.25, -0.2) is 5.01 Å². The summed E-state index contributed by atoms with van der Waals surface area (Å²) in [6.07, 6.45) is 3.86. The van der Waals surface area contributed by atoms with Crippen LogP contribution in [-0.2, 0) is 9.59 Å². The molecule has 0 radical (unpaired) electrons. The molecule has 4 rings (SSSR count). The Labute approximate surface area is 172 Å². The lowest BCUT2D eigenvalue weighted by Gasteiger charge is -2.21. The fraction of sp³-hybridized carbons (Fsp3) is 0.238. The van der Waals surface area contributed by atoms with E-state index in [4.69, 9.17) is 4.52 Å². The van der Waals surface area contributed by atoms with Crippen LogP contribution in [0.5, 0.6) is 0 Å². The molecule has 3 aromatic rings. The van der Waals surface area contributed by atoms with Crippen molar-refractivity contribution in [3.63, 3.8) is 0 Å². The van der Waals surface area contributed by atoms with E-state index in [9.17, 15) is 9.59 Å². The molecule has 0 fully saturated rings. The number of carbonyl (C=O) groups is 2. The molecule has 2 amide bonds. The molecule has 152 valence electrons. The van der Waals surface area contributed by atoms with E-state index in [2.05, 4.69) is 25.5 Å². The molecule has 3 heterocycles. The molecular weight excluding hydrogens is 384 g/mol. The van der Waals surface area contributed by atoms with Gasteiger partial charge in [-0.1, -0.05) is 11.2 Å². The molecule has 2 aromatic heterocycles. The van der Waals surface area contributed by atoms with Crippen LogP contribution < -0.4 is 5.32 Å². The number of amides is 2. The highest BCUT2D eigenvalue weighted by Gasteiger charge is 2.26. The van der Waals surface area contributed by atoms with Crippen molar-refractivity contribution in [2.45, 2.75) is 26.7 Å². The molecular formula is C21H20N6O3. The molecule has 0 saturated heterocycles. The zero-order valence-electron chi connectivity index (χ0n) is 16.6. The fourth-order valence-electron chi connectivity index (χ4n) is 3.22. The third kappa shape index (κ3) is 4.40. The number of anilines is 1. The van der Waals surface area contributed by atoms with Crippen LogP contribution >= 0.6 is 0 Å². The van der Waals surface area contributed by atoms with Gasteiger partial charge in [-0.05, 0) is 49.2 Å². The standard InChI is InChI=1S/C21H20N6O3/c1-13-8-14(2)10-16(9-13)23-18(28)12-27-19(29)6-5-17(25-27)21-24-20(26-30-21)15-4-3-7-22-11-15/h3-4,7-11H,5-6,12H2,1-2H3,(H,23,28). The molecule has 0 spiro atoms. The molecule has 0 saturated carbocycles. The van der Waals surface area contributed by atoms with E-state index in [1.54, 1.807) is 18.5 Å². The molecule has 1 aliphatic rings. The van der Waals surface area contributed by atoms with Gasteiger partial charge < -0.3 is 9.84 Å². The van der Waals surface area contributed by atoms with Crippen LogP contribution in [0.15, 0.2) is 52.4 Å². The van der Waals surface area contributed by atoms with Gasteiger partial charge in [0.15, 0.2) is 0 Å². The number of aryl methyl sites for hydroxylation is 2. The van der Waals surface area contributed by atoms with Crippen LogP contribution in [0.2, 0.25) is 0 Å². The smallest absolute Gasteiger partial charge is 0.274 e. The molecule has 30 heavy (non-hydrogen) atoms. The summed E-state index contributed by atoms with van der Waals surface area (Å²) in [6, 6.07) is 9.35. The SMILES string of the molecule is Cc1cc(C)cc(NC(=O)CN2N=C(c3nc(-c4cccnc4)no3)CCC2=O)c1. The average molecular weight is 404 g/mol. The van der Waals surface area contributed by atoms with Crippen molar-refractivity contribution in [1.82, 2.24) is 20.1 Å². The number of hydrazone groups is 1. The number of aromatic nitrogens is 3. The molecule has 0 aliphatic carbocycles. The first-order valence-electron chi connectivity index (χ1n) is 9.48. The molecule has 0 atom stereocenters. The van der Waals surface area contributed by atoms with Gasteiger partial charge in [-0.15, -0.1) is 0 Å². The lowest BCUT2D eigenvalue weighted by Crippen LogP contribution is -2.38. The van der Waals surface area contributed by atoms with Gasteiger partial charge in [-0.3, -0.25) is 14.6 Å². The van der Waals surface area contributed by atoms with E-state index in [1.165, 1.54) is 0 Å². The van der Waals surface area contributed by atoms with Crippen LogP contribution in [0.25, 0.3) is 11.4 Å². The van der Waals surface area contributed by atoms with E-state index in [-0.39, 0.29) is 30.7 Å². The third-order valence-corrected chi connectivity index (χ3v) is 4.50. The van der Waals surface area contributed by atoms with Crippen LogP contribution in [0.3, 0.4) is 0 Å². The summed E-state index contributed by atoms with van der Waals surface area (Å²) in [7, 11) is 0. The number of rotatable bonds is 5. The lowest BCUT2D eigenvalue weighted by atomic mass is 10.1. The minimum atomic E-state index is -0.333. The summed E-state index contributed by atoms with van der Waals surface area (Å²) >= 11 is 0. The van der Waals surface area contributed by atoms with Gasteiger partial charge in [-0.2, -0.15) is 10.1 Å². The minimum absolute atomic E-state index is 0.196.